The number of nitrogens with one attached hydrogen (secondary N) is 2. The molecule has 0 aliphatic heterocycles. The highest BCUT2D eigenvalue weighted by molar-refractivity contribution is 6.31. The lowest BCUT2D eigenvalue weighted by Gasteiger charge is -2.18. The summed E-state index contributed by atoms with van der Waals surface area (Å²) >= 11 is 6.16. The Morgan fingerprint density at radius 1 is 1.09 bits per heavy atom. The van der Waals surface area contributed by atoms with E-state index in [0.29, 0.717) is 18.1 Å². The zero-order valence-corrected chi connectivity index (χ0v) is 13.8. The molecule has 2 rings (SSSR count). The highest BCUT2D eigenvalue weighted by atomic mass is 35.5. The van der Waals surface area contributed by atoms with Crippen LogP contribution in [0.15, 0.2) is 54.6 Å². The Bertz CT molecular complexity index is 619. The van der Waals surface area contributed by atoms with E-state index in [0.717, 1.165) is 12.0 Å². The fourth-order valence-electron chi connectivity index (χ4n) is 2.27. The summed E-state index contributed by atoms with van der Waals surface area (Å²) in [7, 11) is 1.60. The minimum absolute atomic E-state index is 0.213. The van der Waals surface area contributed by atoms with E-state index in [1.807, 2.05) is 54.6 Å². The van der Waals surface area contributed by atoms with Crippen molar-refractivity contribution < 1.29 is 9.53 Å². The molecule has 0 saturated heterocycles. The number of carbonyl (C=O) groups excluding carboxylic acids is 1. The van der Waals surface area contributed by atoms with Crippen LogP contribution in [-0.4, -0.2) is 26.2 Å². The van der Waals surface area contributed by atoms with Crippen molar-refractivity contribution in [1.29, 1.82) is 0 Å². The predicted octanol–water partition coefficient (Wildman–Crippen LogP) is 3.57. The third-order valence-electron chi connectivity index (χ3n) is 3.53. The number of amides is 2. The van der Waals surface area contributed by atoms with E-state index in [4.69, 9.17) is 16.3 Å². The zero-order valence-electron chi connectivity index (χ0n) is 13.1. The summed E-state index contributed by atoms with van der Waals surface area (Å²) in [5.74, 6) is 0. The molecule has 0 aromatic heterocycles. The Labute approximate surface area is 141 Å². The monoisotopic (exact) mass is 332 g/mol. The molecule has 0 heterocycles. The number of ether oxygens (including phenoxy) is 1. The average Bonchev–Trinajstić information content (AvgIpc) is 2.58. The van der Waals surface area contributed by atoms with E-state index in [2.05, 4.69) is 10.6 Å². The van der Waals surface area contributed by atoms with Crippen molar-refractivity contribution in [3.8, 4) is 0 Å². The largest absolute Gasteiger partial charge is 0.375 e. The van der Waals surface area contributed by atoms with Crippen LogP contribution < -0.4 is 10.6 Å². The molecular formula is C18H21ClN2O2. The lowest BCUT2D eigenvalue weighted by atomic mass is 10.1. The predicted molar refractivity (Wildman–Crippen MR) is 92.7 cm³/mol. The first-order valence-corrected chi connectivity index (χ1v) is 7.91. The molecule has 2 N–H and O–H groups in total. The SMILES string of the molecule is COC(CNC(=O)NCCc1ccccc1)c1ccccc1Cl. The van der Waals surface area contributed by atoms with E-state index in [-0.39, 0.29) is 12.1 Å². The molecule has 0 fully saturated rings. The van der Waals surface area contributed by atoms with Gasteiger partial charge in [-0.3, -0.25) is 0 Å². The Morgan fingerprint density at radius 2 is 1.78 bits per heavy atom. The molecule has 5 heteroatoms. The lowest BCUT2D eigenvalue weighted by Crippen LogP contribution is -2.39. The Balaban J connectivity index is 1.75. The van der Waals surface area contributed by atoms with Crippen molar-refractivity contribution >= 4 is 17.6 Å². The van der Waals surface area contributed by atoms with E-state index in [9.17, 15) is 4.79 Å². The van der Waals surface area contributed by atoms with E-state index < -0.39 is 0 Å². The Kier molecular flexibility index (Phi) is 6.91. The first kappa shape index (κ1) is 17.3. The van der Waals surface area contributed by atoms with Gasteiger partial charge in [0.25, 0.3) is 0 Å². The summed E-state index contributed by atoms with van der Waals surface area (Å²) in [4.78, 5) is 11.9. The maximum absolute atomic E-state index is 11.9. The lowest BCUT2D eigenvalue weighted by molar-refractivity contribution is 0.104. The molecule has 1 unspecified atom stereocenters. The standard InChI is InChI=1S/C18H21ClN2O2/c1-23-17(15-9-5-6-10-16(15)19)13-21-18(22)20-12-11-14-7-3-2-4-8-14/h2-10,17H,11-13H2,1H3,(H2,20,21,22). The molecule has 2 amide bonds. The number of carbonyl (C=O) groups is 1. The normalized spacial score (nSPS) is 11.7. The van der Waals surface area contributed by atoms with Crippen LogP contribution >= 0.6 is 11.6 Å². The van der Waals surface area contributed by atoms with Gasteiger partial charge in [-0.05, 0) is 18.1 Å². The van der Waals surface area contributed by atoms with Crippen LogP contribution in [0.1, 0.15) is 17.2 Å². The van der Waals surface area contributed by atoms with Gasteiger partial charge < -0.3 is 15.4 Å². The van der Waals surface area contributed by atoms with Gasteiger partial charge in [0.2, 0.25) is 0 Å². The third kappa shape index (κ3) is 5.58. The average molecular weight is 333 g/mol. The summed E-state index contributed by atoms with van der Waals surface area (Å²) in [6, 6.07) is 17.3. The van der Waals surface area contributed by atoms with Crippen LogP contribution in [0.2, 0.25) is 5.02 Å². The minimum Gasteiger partial charge on any atom is -0.375 e. The summed E-state index contributed by atoms with van der Waals surface area (Å²) in [6.45, 7) is 0.941. The number of rotatable bonds is 7. The first-order chi connectivity index (χ1) is 11.2. The van der Waals surface area contributed by atoms with Gasteiger partial charge in [-0.2, -0.15) is 0 Å². The van der Waals surface area contributed by atoms with Gasteiger partial charge in [0.15, 0.2) is 0 Å². The number of halogens is 1. The maximum Gasteiger partial charge on any atom is 0.314 e. The molecule has 0 bridgehead atoms. The molecule has 2 aromatic rings. The molecule has 122 valence electrons. The van der Waals surface area contributed by atoms with Gasteiger partial charge in [0, 0.05) is 30.8 Å². The second kappa shape index (κ2) is 9.18. The fourth-order valence-corrected chi connectivity index (χ4v) is 2.53. The van der Waals surface area contributed by atoms with Gasteiger partial charge in [-0.25, -0.2) is 4.79 Å². The van der Waals surface area contributed by atoms with Crippen LogP contribution in [0, 0.1) is 0 Å². The zero-order chi connectivity index (χ0) is 16.5. The highest BCUT2D eigenvalue weighted by Gasteiger charge is 2.14. The van der Waals surface area contributed by atoms with Crippen LogP contribution in [0.5, 0.6) is 0 Å². The van der Waals surface area contributed by atoms with Crippen molar-refractivity contribution in [2.24, 2.45) is 0 Å². The van der Waals surface area contributed by atoms with E-state index in [1.165, 1.54) is 5.56 Å². The van der Waals surface area contributed by atoms with Crippen molar-refractivity contribution in [1.82, 2.24) is 10.6 Å². The van der Waals surface area contributed by atoms with Gasteiger partial charge in [-0.15, -0.1) is 0 Å². The maximum atomic E-state index is 11.9. The molecule has 0 spiro atoms. The van der Waals surface area contributed by atoms with Gasteiger partial charge in [0.1, 0.15) is 6.10 Å². The highest BCUT2D eigenvalue weighted by Crippen LogP contribution is 2.24. The smallest absolute Gasteiger partial charge is 0.314 e. The quantitative estimate of drug-likeness (QED) is 0.814. The molecule has 0 aliphatic carbocycles. The molecule has 0 saturated carbocycles. The van der Waals surface area contributed by atoms with Crippen LogP contribution in [0.3, 0.4) is 0 Å². The minimum atomic E-state index is -0.274. The van der Waals surface area contributed by atoms with Crippen LogP contribution in [-0.2, 0) is 11.2 Å². The van der Waals surface area contributed by atoms with Crippen molar-refractivity contribution in [2.45, 2.75) is 12.5 Å². The number of methoxy groups -OCH3 is 1. The van der Waals surface area contributed by atoms with E-state index in [1.54, 1.807) is 7.11 Å². The van der Waals surface area contributed by atoms with Crippen molar-refractivity contribution in [3.63, 3.8) is 0 Å². The van der Waals surface area contributed by atoms with Gasteiger partial charge >= 0.3 is 6.03 Å². The first-order valence-electron chi connectivity index (χ1n) is 7.53. The molecule has 4 nitrogen and oxygen atoms in total. The second-order valence-corrected chi connectivity index (χ2v) is 5.53. The second-order valence-electron chi connectivity index (χ2n) is 5.12. The molecule has 0 radical (unpaired) electrons. The van der Waals surface area contributed by atoms with E-state index >= 15 is 0 Å². The summed E-state index contributed by atoms with van der Waals surface area (Å²) < 4.78 is 5.41. The van der Waals surface area contributed by atoms with Crippen molar-refractivity contribution in [3.05, 3.63) is 70.7 Å². The fraction of sp³-hybridized carbons (Fsp3) is 0.278. The number of hydrogen-bond acceptors (Lipinski definition) is 2. The summed E-state index contributed by atoms with van der Waals surface area (Å²) in [6.07, 6.45) is 0.524. The molecule has 1 atom stereocenters. The van der Waals surface area contributed by atoms with Crippen LogP contribution in [0.4, 0.5) is 4.79 Å². The Hall–Kier alpha value is -2.04. The third-order valence-corrected chi connectivity index (χ3v) is 3.87. The topological polar surface area (TPSA) is 50.4 Å². The van der Waals surface area contributed by atoms with Crippen LogP contribution in [0.25, 0.3) is 0 Å². The molecule has 2 aromatic carbocycles. The summed E-state index contributed by atoms with van der Waals surface area (Å²) in [5.41, 5.74) is 2.06. The number of benzene rings is 2. The Morgan fingerprint density at radius 3 is 2.48 bits per heavy atom. The van der Waals surface area contributed by atoms with Gasteiger partial charge in [-0.1, -0.05) is 60.1 Å². The summed E-state index contributed by atoms with van der Waals surface area (Å²) in [5, 5.41) is 6.28. The molecule has 0 aliphatic rings. The number of urea groups is 1. The molecule has 23 heavy (non-hydrogen) atoms. The molecular weight excluding hydrogens is 312 g/mol. The van der Waals surface area contributed by atoms with Crippen molar-refractivity contribution in [2.75, 3.05) is 20.2 Å². The number of hydrogen-bond donors (Lipinski definition) is 2. The van der Waals surface area contributed by atoms with Gasteiger partial charge in [0.05, 0.1) is 0 Å².